The van der Waals surface area contributed by atoms with Crippen molar-refractivity contribution in [3.63, 3.8) is 0 Å². The molecule has 0 heterocycles. The number of benzene rings is 3. The van der Waals surface area contributed by atoms with Gasteiger partial charge in [0.15, 0.2) is 0 Å². The van der Waals surface area contributed by atoms with Gasteiger partial charge in [0.2, 0.25) is 0 Å². The second-order valence-corrected chi connectivity index (χ2v) is 6.73. The number of rotatable bonds is 8. The van der Waals surface area contributed by atoms with Crippen molar-refractivity contribution in [2.45, 2.75) is 46.0 Å². The molecular formula is C24H29N. The highest BCUT2D eigenvalue weighted by atomic mass is 15.1. The summed E-state index contributed by atoms with van der Waals surface area (Å²) in [6, 6.07) is 24.3. The number of fused-ring (bicyclic) bond motifs is 1. The Morgan fingerprint density at radius 1 is 0.720 bits per heavy atom. The Morgan fingerprint density at radius 2 is 1.44 bits per heavy atom. The Hall–Kier alpha value is -2.28. The van der Waals surface area contributed by atoms with Gasteiger partial charge >= 0.3 is 0 Å². The van der Waals surface area contributed by atoms with Crippen molar-refractivity contribution in [2.24, 2.45) is 0 Å². The standard InChI is InChI=1S/C24H29N/c1-3-5-15-23-22-16-11-10-12-20(22)17-18-24(23)25(19-6-4-2)21-13-8-7-9-14-21/h7-14,16-18H,3-6,15,19H2,1-2H3. The van der Waals surface area contributed by atoms with E-state index < -0.39 is 0 Å². The van der Waals surface area contributed by atoms with E-state index >= 15 is 0 Å². The largest absolute Gasteiger partial charge is 0.341 e. The minimum Gasteiger partial charge on any atom is -0.341 e. The van der Waals surface area contributed by atoms with Gasteiger partial charge in [0.05, 0.1) is 0 Å². The first-order valence-electron chi connectivity index (χ1n) is 9.68. The van der Waals surface area contributed by atoms with Gasteiger partial charge in [0.25, 0.3) is 0 Å². The summed E-state index contributed by atoms with van der Waals surface area (Å²) < 4.78 is 0. The highest BCUT2D eigenvalue weighted by Crippen LogP contribution is 2.34. The maximum atomic E-state index is 2.51. The van der Waals surface area contributed by atoms with Crippen LogP contribution in [0.1, 0.15) is 45.1 Å². The molecule has 0 saturated carbocycles. The van der Waals surface area contributed by atoms with E-state index in [0.29, 0.717) is 0 Å². The van der Waals surface area contributed by atoms with E-state index in [9.17, 15) is 0 Å². The maximum Gasteiger partial charge on any atom is 0.0449 e. The van der Waals surface area contributed by atoms with Crippen molar-refractivity contribution in [1.29, 1.82) is 0 Å². The van der Waals surface area contributed by atoms with E-state index in [2.05, 4.69) is 85.5 Å². The Morgan fingerprint density at radius 3 is 2.20 bits per heavy atom. The van der Waals surface area contributed by atoms with Gasteiger partial charge in [0.1, 0.15) is 0 Å². The monoisotopic (exact) mass is 331 g/mol. The second kappa shape index (κ2) is 8.71. The van der Waals surface area contributed by atoms with Crippen LogP contribution in [0.4, 0.5) is 11.4 Å². The van der Waals surface area contributed by atoms with E-state index in [4.69, 9.17) is 0 Å². The first-order chi connectivity index (χ1) is 12.3. The molecule has 0 saturated heterocycles. The number of anilines is 2. The zero-order chi connectivity index (χ0) is 17.5. The van der Waals surface area contributed by atoms with Crippen LogP contribution in [0.3, 0.4) is 0 Å². The molecule has 1 nitrogen and oxygen atoms in total. The fraction of sp³-hybridized carbons (Fsp3) is 0.333. The Balaban J connectivity index is 2.12. The third kappa shape index (κ3) is 4.04. The molecule has 0 aliphatic heterocycles. The van der Waals surface area contributed by atoms with Gasteiger partial charge in [-0.25, -0.2) is 0 Å². The van der Waals surface area contributed by atoms with Crippen molar-refractivity contribution in [2.75, 3.05) is 11.4 Å². The first-order valence-corrected chi connectivity index (χ1v) is 9.68. The van der Waals surface area contributed by atoms with Gasteiger partial charge in [-0.1, -0.05) is 75.2 Å². The molecular weight excluding hydrogens is 302 g/mol. The molecule has 0 N–H and O–H groups in total. The molecule has 0 aliphatic rings. The zero-order valence-electron chi connectivity index (χ0n) is 15.5. The highest BCUT2D eigenvalue weighted by Gasteiger charge is 2.15. The topological polar surface area (TPSA) is 3.24 Å². The summed E-state index contributed by atoms with van der Waals surface area (Å²) in [5.41, 5.74) is 4.18. The molecule has 0 unspecified atom stereocenters. The van der Waals surface area contributed by atoms with Crippen molar-refractivity contribution < 1.29 is 0 Å². The number of aryl methyl sites for hydroxylation is 1. The van der Waals surface area contributed by atoms with Crippen LogP contribution in [0, 0.1) is 0 Å². The molecule has 3 rings (SSSR count). The van der Waals surface area contributed by atoms with Gasteiger partial charge in [-0.2, -0.15) is 0 Å². The average Bonchev–Trinajstić information content (AvgIpc) is 2.68. The van der Waals surface area contributed by atoms with E-state index in [0.717, 1.165) is 13.0 Å². The second-order valence-electron chi connectivity index (χ2n) is 6.73. The van der Waals surface area contributed by atoms with Gasteiger partial charge in [-0.3, -0.25) is 0 Å². The van der Waals surface area contributed by atoms with Crippen molar-refractivity contribution in [3.05, 3.63) is 72.3 Å². The minimum atomic E-state index is 1.07. The van der Waals surface area contributed by atoms with Gasteiger partial charge in [-0.05, 0) is 53.8 Å². The molecule has 3 aromatic carbocycles. The van der Waals surface area contributed by atoms with E-state index in [-0.39, 0.29) is 0 Å². The van der Waals surface area contributed by atoms with Crippen LogP contribution < -0.4 is 4.90 Å². The third-order valence-corrected chi connectivity index (χ3v) is 4.89. The maximum absolute atomic E-state index is 2.51. The summed E-state index contributed by atoms with van der Waals surface area (Å²) in [4.78, 5) is 2.51. The summed E-state index contributed by atoms with van der Waals surface area (Å²) >= 11 is 0. The third-order valence-electron chi connectivity index (χ3n) is 4.89. The lowest BCUT2D eigenvalue weighted by Gasteiger charge is -2.28. The Labute approximate surface area is 152 Å². The molecule has 0 amide bonds. The molecule has 0 bridgehead atoms. The van der Waals surface area contributed by atoms with E-state index in [1.165, 1.54) is 53.4 Å². The van der Waals surface area contributed by atoms with Gasteiger partial charge < -0.3 is 4.90 Å². The smallest absolute Gasteiger partial charge is 0.0449 e. The number of para-hydroxylation sites is 1. The predicted octanol–water partition coefficient (Wildman–Crippen LogP) is 7.12. The fourth-order valence-electron chi connectivity index (χ4n) is 3.51. The van der Waals surface area contributed by atoms with E-state index in [1.807, 2.05) is 0 Å². The quantitative estimate of drug-likeness (QED) is 0.424. The van der Waals surface area contributed by atoms with Crippen molar-refractivity contribution in [1.82, 2.24) is 0 Å². The van der Waals surface area contributed by atoms with Crippen molar-refractivity contribution in [3.8, 4) is 0 Å². The minimum absolute atomic E-state index is 1.07. The number of unbranched alkanes of at least 4 members (excludes halogenated alkanes) is 2. The molecule has 0 atom stereocenters. The number of nitrogens with zero attached hydrogens (tertiary/aromatic N) is 1. The lowest BCUT2D eigenvalue weighted by molar-refractivity contribution is 0.771. The summed E-state index contributed by atoms with van der Waals surface area (Å²) in [5, 5.41) is 2.76. The summed E-state index contributed by atoms with van der Waals surface area (Å²) in [5.74, 6) is 0. The summed E-state index contributed by atoms with van der Waals surface area (Å²) in [6.45, 7) is 5.61. The van der Waals surface area contributed by atoms with Crippen LogP contribution in [-0.4, -0.2) is 6.54 Å². The lowest BCUT2D eigenvalue weighted by Crippen LogP contribution is -2.20. The molecule has 1 heteroatoms. The molecule has 0 fully saturated rings. The molecule has 0 radical (unpaired) electrons. The normalized spacial score (nSPS) is 11.0. The number of hydrogen-bond donors (Lipinski definition) is 0. The Kier molecular flexibility index (Phi) is 6.11. The van der Waals surface area contributed by atoms with Crippen LogP contribution in [0.5, 0.6) is 0 Å². The lowest BCUT2D eigenvalue weighted by atomic mass is 9.97. The molecule has 3 aromatic rings. The SMILES string of the molecule is CCCCc1c(N(CCCC)c2ccccc2)ccc2ccccc12. The van der Waals surface area contributed by atoms with Crippen LogP contribution in [0.25, 0.3) is 10.8 Å². The van der Waals surface area contributed by atoms with Gasteiger partial charge in [0, 0.05) is 17.9 Å². The summed E-state index contributed by atoms with van der Waals surface area (Å²) in [7, 11) is 0. The zero-order valence-corrected chi connectivity index (χ0v) is 15.5. The highest BCUT2D eigenvalue weighted by molar-refractivity contribution is 5.91. The van der Waals surface area contributed by atoms with E-state index in [1.54, 1.807) is 0 Å². The molecule has 130 valence electrons. The fourth-order valence-corrected chi connectivity index (χ4v) is 3.51. The average molecular weight is 332 g/mol. The first kappa shape index (κ1) is 17.5. The van der Waals surface area contributed by atoms with Crippen molar-refractivity contribution >= 4 is 22.1 Å². The van der Waals surface area contributed by atoms with Crippen LogP contribution in [0.15, 0.2) is 66.7 Å². The molecule has 0 aliphatic carbocycles. The van der Waals surface area contributed by atoms with Crippen LogP contribution in [-0.2, 0) is 6.42 Å². The molecule has 0 spiro atoms. The molecule has 25 heavy (non-hydrogen) atoms. The molecule has 0 aromatic heterocycles. The Bertz CT molecular complexity index is 792. The summed E-state index contributed by atoms with van der Waals surface area (Å²) in [6.07, 6.45) is 6.01. The van der Waals surface area contributed by atoms with Gasteiger partial charge in [-0.15, -0.1) is 0 Å². The van der Waals surface area contributed by atoms with Crippen LogP contribution >= 0.6 is 0 Å². The number of hydrogen-bond acceptors (Lipinski definition) is 1. The van der Waals surface area contributed by atoms with Crippen LogP contribution in [0.2, 0.25) is 0 Å². The predicted molar refractivity (Wildman–Crippen MR) is 111 cm³/mol.